The minimum atomic E-state index is 0.466. The third kappa shape index (κ3) is 7.36. The lowest BCUT2D eigenvalue weighted by Crippen LogP contribution is -2.38. The van der Waals surface area contributed by atoms with Crippen molar-refractivity contribution in [2.75, 3.05) is 50.0 Å². The van der Waals surface area contributed by atoms with Crippen molar-refractivity contribution in [1.82, 2.24) is 19.9 Å². The molecule has 7 heteroatoms. The molecule has 0 spiro atoms. The highest BCUT2D eigenvalue weighted by molar-refractivity contribution is 5.91. The van der Waals surface area contributed by atoms with Gasteiger partial charge in [0, 0.05) is 54.3 Å². The Hall–Kier alpha value is -4.23. The fourth-order valence-corrected chi connectivity index (χ4v) is 6.53. The van der Waals surface area contributed by atoms with Gasteiger partial charge in [-0.15, -0.1) is 0 Å². The maximum absolute atomic E-state index is 6.38. The SMILES string of the molecule is CC1C[C@H]1c1nc(NCCCc2ccccc2)c2ccc(OCC3CCN(CCNc4ccnc5ccccc45)CC3)cc2n1. The number of likely N-dealkylation sites (tertiary alicyclic amines) is 1. The third-order valence-corrected chi connectivity index (χ3v) is 9.49. The number of ether oxygens (including phenoxy) is 1. The van der Waals surface area contributed by atoms with Crippen LogP contribution in [0.5, 0.6) is 5.75 Å². The van der Waals surface area contributed by atoms with Crippen molar-refractivity contribution in [2.24, 2.45) is 11.8 Å². The molecule has 0 radical (unpaired) electrons. The number of rotatable bonds is 13. The summed E-state index contributed by atoms with van der Waals surface area (Å²) in [6.45, 7) is 8.12. The van der Waals surface area contributed by atoms with E-state index in [1.807, 2.05) is 12.3 Å². The molecule has 2 fully saturated rings. The molecule has 2 atom stereocenters. The summed E-state index contributed by atoms with van der Waals surface area (Å²) >= 11 is 0. The molecule has 0 amide bonds. The van der Waals surface area contributed by atoms with Crippen molar-refractivity contribution in [3.05, 3.63) is 96.4 Å². The minimum absolute atomic E-state index is 0.466. The first-order chi connectivity index (χ1) is 22.2. The molecule has 5 aromatic rings. The van der Waals surface area contributed by atoms with Crippen LogP contribution in [0, 0.1) is 11.8 Å². The van der Waals surface area contributed by atoms with E-state index in [0.29, 0.717) is 17.8 Å². The van der Waals surface area contributed by atoms with E-state index < -0.39 is 0 Å². The molecule has 3 aromatic carbocycles. The lowest BCUT2D eigenvalue weighted by Gasteiger charge is -2.32. The Balaban J connectivity index is 0.907. The lowest BCUT2D eigenvalue weighted by atomic mass is 9.98. The van der Waals surface area contributed by atoms with Crippen LogP contribution in [0.25, 0.3) is 21.8 Å². The van der Waals surface area contributed by atoms with Crippen molar-refractivity contribution in [1.29, 1.82) is 0 Å². The Morgan fingerprint density at radius 2 is 1.67 bits per heavy atom. The molecule has 1 saturated carbocycles. The molecule has 2 N–H and O–H groups in total. The fraction of sp³-hybridized carbons (Fsp3) is 0.395. The van der Waals surface area contributed by atoms with Gasteiger partial charge in [-0.25, -0.2) is 9.97 Å². The average Bonchev–Trinajstić information content (AvgIpc) is 3.83. The number of aromatic nitrogens is 3. The van der Waals surface area contributed by atoms with Crippen LogP contribution >= 0.6 is 0 Å². The normalized spacial score (nSPS) is 18.7. The van der Waals surface area contributed by atoms with Crippen molar-refractivity contribution in [3.63, 3.8) is 0 Å². The van der Waals surface area contributed by atoms with E-state index >= 15 is 0 Å². The van der Waals surface area contributed by atoms with Crippen LogP contribution in [0.1, 0.15) is 49.9 Å². The number of pyridine rings is 1. The highest BCUT2D eigenvalue weighted by atomic mass is 16.5. The Labute approximate surface area is 266 Å². The number of nitrogens with one attached hydrogen (secondary N) is 2. The first kappa shape index (κ1) is 29.5. The summed E-state index contributed by atoms with van der Waals surface area (Å²) in [7, 11) is 0. The van der Waals surface area contributed by atoms with Gasteiger partial charge < -0.3 is 20.3 Å². The van der Waals surface area contributed by atoms with E-state index in [2.05, 4.69) is 100 Å². The number of benzene rings is 3. The largest absolute Gasteiger partial charge is 0.493 e. The van der Waals surface area contributed by atoms with Gasteiger partial charge >= 0.3 is 0 Å². The second-order valence-corrected chi connectivity index (χ2v) is 12.8. The smallest absolute Gasteiger partial charge is 0.137 e. The molecule has 232 valence electrons. The summed E-state index contributed by atoms with van der Waals surface area (Å²) < 4.78 is 6.38. The third-order valence-electron chi connectivity index (χ3n) is 9.49. The Morgan fingerprint density at radius 1 is 0.844 bits per heavy atom. The quantitative estimate of drug-likeness (QED) is 0.135. The zero-order valence-corrected chi connectivity index (χ0v) is 26.3. The predicted molar refractivity (Wildman–Crippen MR) is 184 cm³/mol. The maximum Gasteiger partial charge on any atom is 0.137 e. The number of hydrogen-bond donors (Lipinski definition) is 2. The van der Waals surface area contributed by atoms with Crippen molar-refractivity contribution >= 4 is 33.3 Å². The monoisotopic (exact) mass is 600 g/mol. The second-order valence-electron chi connectivity index (χ2n) is 12.8. The van der Waals surface area contributed by atoms with E-state index in [4.69, 9.17) is 14.7 Å². The number of para-hydroxylation sites is 1. The van der Waals surface area contributed by atoms with E-state index in [1.54, 1.807) is 0 Å². The molecule has 45 heavy (non-hydrogen) atoms. The van der Waals surface area contributed by atoms with Gasteiger partial charge in [-0.2, -0.15) is 0 Å². The first-order valence-corrected chi connectivity index (χ1v) is 16.7. The molecule has 1 aliphatic carbocycles. The van der Waals surface area contributed by atoms with Gasteiger partial charge in [0.15, 0.2) is 0 Å². The van der Waals surface area contributed by atoms with Crippen molar-refractivity contribution in [3.8, 4) is 5.75 Å². The number of fused-ring (bicyclic) bond motifs is 2. The van der Waals surface area contributed by atoms with Crippen molar-refractivity contribution < 1.29 is 4.74 Å². The Bertz CT molecular complexity index is 1710. The van der Waals surface area contributed by atoms with Gasteiger partial charge in [0.25, 0.3) is 0 Å². The molecule has 2 aromatic heterocycles. The summed E-state index contributed by atoms with van der Waals surface area (Å²) in [6, 6.07) is 27.4. The maximum atomic E-state index is 6.38. The van der Waals surface area contributed by atoms with Crippen LogP contribution in [0.15, 0.2) is 85.1 Å². The van der Waals surface area contributed by atoms with Crippen LogP contribution in [0.2, 0.25) is 0 Å². The van der Waals surface area contributed by atoms with E-state index in [9.17, 15) is 0 Å². The minimum Gasteiger partial charge on any atom is -0.493 e. The summed E-state index contributed by atoms with van der Waals surface area (Å²) in [5.74, 6) is 4.52. The summed E-state index contributed by atoms with van der Waals surface area (Å²) in [5.41, 5.74) is 4.55. The average molecular weight is 601 g/mol. The van der Waals surface area contributed by atoms with Crippen LogP contribution in [-0.2, 0) is 6.42 Å². The number of aryl methyl sites for hydroxylation is 1. The first-order valence-electron chi connectivity index (χ1n) is 16.7. The number of hydrogen-bond acceptors (Lipinski definition) is 7. The van der Waals surface area contributed by atoms with E-state index in [1.165, 1.54) is 17.4 Å². The molecule has 1 aliphatic heterocycles. The van der Waals surface area contributed by atoms with Gasteiger partial charge in [0.2, 0.25) is 0 Å². The van der Waals surface area contributed by atoms with Gasteiger partial charge in [-0.1, -0.05) is 55.5 Å². The number of nitrogens with zero attached hydrogens (tertiary/aromatic N) is 4. The highest BCUT2D eigenvalue weighted by Crippen LogP contribution is 2.46. The van der Waals surface area contributed by atoms with E-state index in [0.717, 1.165) is 105 Å². The Kier molecular flexibility index (Phi) is 9.05. The topological polar surface area (TPSA) is 75.2 Å². The lowest BCUT2D eigenvalue weighted by molar-refractivity contribution is 0.145. The molecule has 1 saturated heterocycles. The van der Waals surface area contributed by atoms with Crippen LogP contribution < -0.4 is 15.4 Å². The highest BCUT2D eigenvalue weighted by Gasteiger charge is 2.37. The van der Waals surface area contributed by atoms with Crippen molar-refractivity contribution in [2.45, 2.75) is 44.9 Å². The molecule has 2 aliphatic rings. The van der Waals surface area contributed by atoms with Gasteiger partial charge in [-0.05, 0) is 86.9 Å². The zero-order chi connectivity index (χ0) is 30.4. The molecule has 7 nitrogen and oxygen atoms in total. The van der Waals surface area contributed by atoms with Gasteiger partial charge in [0.1, 0.15) is 17.4 Å². The summed E-state index contributed by atoms with van der Waals surface area (Å²) in [5, 5.41) is 9.51. The van der Waals surface area contributed by atoms with Crippen LogP contribution in [0.4, 0.5) is 11.5 Å². The molecule has 1 unspecified atom stereocenters. The standard InChI is InChI=1S/C38H44N6O/c1-27-24-33(27)38-42-36-25-30(13-14-32(36)37(43-38)41-18-7-10-28-8-3-2-4-9-28)45-26-29-16-21-44(22-17-29)23-20-40-35-15-19-39-34-12-6-5-11-31(34)35/h2-6,8-9,11-15,19,25,27,29,33H,7,10,16-18,20-24,26H2,1H3,(H,39,40)(H,41,42,43)/t27?,33-/m1/s1. The summed E-state index contributed by atoms with van der Waals surface area (Å²) in [6.07, 6.45) is 7.49. The van der Waals surface area contributed by atoms with E-state index in [-0.39, 0.29) is 0 Å². The van der Waals surface area contributed by atoms with Gasteiger partial charge in [0.05, 0.1) is 17.6 Å². The van der Waals surface area contributed by atoms with Gasteiger partial charge in [-0.3, -0.25) is 4.98 Å². The summed E-state index contributed by atoms with van der Waals surface area (Å²) in [4.78, 5) is 17.0. The molecule has 3 heterocycles. The number of piperidine rings is 1. The second kappa shape index (κ2) is 13.8. The molecular weight excluding hydrogens is 556 g/mol. The van der Waals surface area contributed by atoms with Crippen LogP contribution in [0.3, 0.4) is 0 Å². The zero-order valence-electron chi connectivity index (χ0n) is 26.3. The molecule has 0 bridgehead atoms. The molecule has 7 rings (SSSR count). The number of anilines is 2. The fourth-order valence-electron chi connectivity index (χ4n) is 6.53. The van der Waals surface area contributed by atoms with Crippen LogP contribution in [-0.4, -0.2) is 59.2 Å². The molecular formula is C38H44N6O. The predicted octanol–water partition coefficient (Wildman–Crippen LogP) is 7.55. The Morgan fingerprint density at radius 3 is 2.51 bits per heavy atom.